The van der Waals surface area contributed by atoms with E-state index in [4.69, 9.17) is 0 Å². The van der Waals surface area contributed by atoms with Crippen molar-refractivity contribution in [1.82, 2.24) is 15.3 Å². The molecule has 0 spiro atoms. The minimum absolute atomic E-state index is 0.242. The van der Waals surface area contributed by atoms with E-state index in [0.29, 0.717) is 5.92 Å². The number of nitrogens with one attached hydrogen (secondary N) is 1. The van der Waals surface area contributed by atoms with Gasteiger partial charge in [-0.25, -0.2) is 0 Å². The zero-order valence-corrected chi connectivity index (χ0v) is 12.4. The number of aromatic nitrogens is 2. The smallest absolute Gasteiger partial charge is 0.0609 e. The van der Waals surface area contributed by atoms with Gasteiger partial charge in [0, 0.05) is 24.0 Å². The van der Waals surface area contributed by atoms with Gasteiger partial charge in [0.15, 0.2) is 0 Å². The second kappa shape index (κ2) is 5.33. The van der Waals surface area contributed by atoms with Crippen LogP contribution in [0.3, 0.4) is 0 Å². The first kappa shape index (κ1) is 13.3. The Bertz CT molecular complexity index is 621. The Morgan fingerprint density at radius 3 is 2.90 bits per heavy atom. The highest BCUT2D eigenvalue weighted by Gasteiger charge is 2.32. The lowest BCUT2D eigenvalue weighted by molar-refractivity contribution is 0.458. The average molecular weight is 267 g/mol. The average Bonchev–Trinajstić information content (AvgIpc) is 2.86. The molecule has 0 saturated carbocycles. The minimum atomic E-state index is 0.242. The number of fused-ring (bicyclic) bond motifs is 1. The van der Waals surface area contributed by atoms with E-state index in [1.165, 1.54) is 22.4 Å². The van der Waals surface area contributed by atoms with Gasteiger partial charge >= 0.3 is 0 Å². The van der Waals surface area contributed by atoms with Crippen LogP contribution in [0.4, 0.5) is 0 Å². The molecular weight excluding hydrogens is 246 g/mol. The van der Waals surface area contributed by atoms with Gasteiger partial charge in [0.05, 0.1) is 11.7 Å². The van der Waals surface area contributed by atoms with E-state index in [2.05, 4.69) is 41.3 Å². The molecule has 0 aromatic carbocycles. The molecule has 2 aromatic rings. The fourth-order valence-corrected chi connectivity index (χ4v) is 3.35. The molecule has 2 heterocycles. The molecule has 2 atom stereocenters. The monoisotopic (exact) mass is 267 g/mol. The molecule has 104 valence electrons. The Morgan fingerprint density at radius 2 is 2.15 bits per heavy atom. The quantitative estimate of drug-likeness (QED) is 0.928. The van der Waals surface area contributed by atoms with E-state index >= 15 is 0 Å². The molecule has 2 unspecified atom stereocenters. The summed E-state index contributed by atoms with van der Waals surface area (Å²) in [5.41, 5.74) is 6.26. The SMILES string of the molecule is CNC(c1ncc(C)cc1C)C1CCc2cccnc21. The molecule has 2 aromatic heterocycles. The maximum Gasteiger partial charge on any atom is 0.0609 e. The number of likely N-dealkylation sites (N-methyl/N-ethyl adjacent to an activating group) is 1. The first-order valence-corrected chi connectivity index (χ1v) is 7.25. The number of rotatable bonds is 3. The molecule has 3 heteroatoms. The van der Waals surface area contributed by atoms with Crippen molar-refractivity contribution in [3.63, 3.8) is 0 Å². The summed E-state index contributed by atoms with van der Waals surface area (Å²) in [5.74, 6) is 0.421. The fourth-order valence-electron chi connectivity index (χ4n) is 3.35. The molecule has 1 aliphatic rings. The normalized spacial score (nSPS) is 18.9. The van der Waals surface area contributed by atoms with Gasteiger partial charge in [-0.1, -0.05) is 12.1 Å². The van der Waals surface area contributed by atoms with Crippen LogP contribution in [0.2, 0.25) is 0 Å². The van der Waals surface area contributed by atoms with E-state index < -0.39 is 0 Å². The highest BCUT2D eigenvalue weighted by Crippen LogP contribution is 2.40. The predicted octanol–water partition coefficient (Wildman–Crippen LogP) is 3.08. The summed E-state index contributed by atoms with van der Waals surface area (Å²) in [6.07, 6.45) is 6.13. The van der Waals surface area contributed by atoms with Crippen LogP contribution in [-0.2, 0) is 6.42 Å². The van der Waals surface area contributed by atoms with Gasteiger partial charge in [0.25, 0.3) is 0 Å². The van der Waals surface area contributed by atoms with Crippen LogP contribution >= 0.6 is 0 Å². The zero-order chi connectivity index (χ0) is 14.1. The highest BCUT2D eigenvalue weighted by atomic mass is 14.9. The standard InChI is InChI=1S/C17H21N3/c1-11-9-12(2)15(20-10-11)17(18-3)14-7-6-13-5-4-8-19-16(13)14/h4-5,8-10,14,17-18H,6-7H2,1-3H3. The van der Waals surface area contributed by atoms with E-state index in [1.807, 2.05) is 25.5 Å². The largest absolute Gasteiger partial charge is 0.311 e. The maximum atomic E-state index is 4.68. The van der Waals surface area contributed by atoms with Crippen molar-refractivity contribution < 1.29 is 0 Å². The number of aryl methyl sites for hydroxylation is 3. The minimum Gasteiger partial charge on any atom is -0.311 e. The van der Waals surface area contributed by atoms with Crippen LogP contribution in [0.5, 0.6) is 0 Å². The number of hydrogen-bond donors (Lipinski definition) is 1. The molecule has 0 saturated heterocycles. The van der Waals surface area contributed by atoms with E-state index in [9.17, 15) is 0 Å². The van der Waals surface area contributed by atoms with Gasteiger partial charge in [-0.2, -0.15) is 0 Å². The molecule has 3 nitrogen and oxygen atoms in total. The molecule has 3 rings (SSSR count). The van der Waals surface area contributed by atoms with Crippen LogP contribution < -0.4 is 5.32 Å². The molecule has 1 aliphatic carbocycles. The van der Waals surface area contributed by atoms with Crippen molar-refractivity contribution in [2.75, 3.05) is 7.05 Å². The lowest BCUT2D eigenvalue weighted by atomic mass is 9.91. The van der Waals surface area contributed by atoms with Crippen LogP contribution in [0.1, 0.15) is 46.5 Å². The van der Waals surface area contributed by atoms with E-state index in [-0.39, 0.29) is 6.04 Å². The van der Waals surface area contributed by atoms with Crippen molar-refractivity contribution in [3.05, 3.63) is 58.7 Å². The third kappa shape index (κ3) is 2.22. The van der Waals surface area contributed by atoms with E-state index in [1.54, 1.807) is 0 Å². The molecule has 1 N–H and O–H groups in total. The van der Waals surface area contributed by atoms with Gasteiger partial charge in [0.1, 0.15) is 0 Å². The molecule has 0 amide bonds. The van der Waals surface area contributed by atoms with Crippen molar-refractivity contribution >= 4 is 0 Å². The number of hydrogen-bond acceptors (Lipinski definition) is 3. The summed E-state index contributed by atoms with van der Waals surface area (Å²) in [5, 5.41) is 3.46. The number of nitrogens with zero attached hydrogens (tertiary/aromatic N) is 2. The van der Waals surface area contributed by atoms with Crippen LogP contribution in [-0.4, -0.2) is 17.0 Å². The van der Waals surface area contributed by atoms with Gasteiger partial charge in [-0.3, -0.25) is 9.97 Å². The third-order valence-corrected chi connectivity index (χ3v) is 4.27. The van der Waals surface area contributed by atoms with Gasteiger partial charge < -0.3 is 5.32 Å². The summed E-state index contributed by atoms with van der Waals surface area (Å²) < 4.78 is 0. The molecule has 20 heavy (non-hydrogen) atoms. The van der Waals surface area contributed by atoms with E-state index in [0.717, 1.165) is 18.5 Å². The Morgan fingerprint density at radius 1 is 1.30 bits per heavy atom. The predicted molar refractivity (Wildman–Crippen MR) is 80.8 cm³/mol. The van der Waals surface area contributed by atoms with Gasteiger partial charge in [-0.05, 0) is 56.5 Å². The van der Waals surface area contributed by atoms with Crippen LogP contribution in [0, 0.1) is 13.8 Å². The van der Waals surface area contributed by atoms with Gasteiger partial charge in [-0.15, -0.1) is 0 Å². The first-order chi connectivity index (χ1) is 9.70. The molecule has 0 aliphatic heterocycles. The molecular formula is C17H21N3. The summed E-state index contributed by atoms with van der Waals surface area (Å²) in [6.45, 7) is 4.23. The molecule has 0 fully saturated rings. The summed E-state index contributed by atoms with van der Waals surface area (Å²) in [6, 6.07) is 6.68. The second-order valence-corrected chi connectivity index (χ2v) is 5.67. The summed E-state index contributed by atoms with van der Waals surface area (Å²) >= 11 is 0. The molecule has 0 radical (unpaired) electrons. The lowest BCUT2D eigenvalue weighted by Crippen LogP contribution is -2.25. The Kier molecular flexibility index (Phi) is 3.53. The van der Waals surface area contributed by atoms with Crippen molar-refractivity contribution in [1.29, 1.82) is 0 Å². The topological polar surface area (TPSA) is 37.8 Å². The van der Waals surface area contributed by atoms with Gasteiger partial charge in [0.2, 0.25) is 0 Å². The fraction of sp³-hybridized carbons (Fsp3) is 0.412. The summed E-state index contributed by atoms with van der Waals surface area (Å²) in [4.78, 5) is 9.29. The second-order valence-electron chi connectivity index (χ2n) is 5.67. The highest BCUT2D eigenvalue weighted by molar-refractivity contribution is 5.34. The van der Waals surface area contributed by atoms with Crippen molar-refractivity contribution in [2.45, 2.75) is 38.6 Å². The lowest BCUT2D eigenvalue weighted by Gasteiger charge is -2.24. The third-order valence-electron chi connectivity index (χ3n) is 4.27. The maximum absolute atomic E-state index is 4.68. The Balaban J connectivity index is 1.99. The van der Waals surface area contributed by atoms with Crippen molar-refractivity contribution in [2.24, 2.45) is 0 Å². The Hall–Kier alpha value is -1.74. The van der Waals surface area contributed by atoms with Crippen molar-refractivity contribution in [3.8, 4) is 0 Å². The van der Waals surface area contributed by atoms with Crippen LogP contribution in [0.25, 0.3) is 0 Å². The zero-order valence-electron chi connectivity index (χ0n) is 12.4. The molecule has 0 bridgehead atoms. The van der Waals surface area contributed by atoms with Crippen LogP contribution in [0.15, 0.2) is 30.6 Å². The summed E-state index contributed by atoms with van der Waals surface area (Å²) in [7, 11) is 2.02. The Labute approximate surface area is 120 Å². The number of pyridine rings is 2. The first-order valence-electron chi connectivity index (χ1n) is 7.25.